The molecular weight excluding hydrogens is 420 g/mol. The number of rotatable bonds is 12. The summed E-state index contributed by atoms with van der Waals surface area (Å²) >= 11 is 0. The summed E-state index contributed by atoms with van der Waals surface area (Å²) in [6.07, 6.45) is -0.685. The molecule has 1 aromatic carbocycles. The molecule has 7 N–H and O–H groups in total. The third-order valence-electron chi connectivity index (χ3n) is 4.68. The minimum absolute atomic E-state index is 0.133. The number of carboxylic acids is 2. The van der Waals surface area contributed by atoms with E-state index in [4.69, 9.17) is 15.9 Å². The number of amides is 3. The second-order valence-corrected chi connectivity index (χ2v) is 7.75. The van der Waals surface area contributed by atoms with Crippen molar-refractivity contribution >= 4 is 29.7 Å². The summed E-state index contributed by atoms with van der Waals surface area (Å²) in [5, 5.41) is 24.9. The largest absolute Gasteiger partial charge is 0.481 e. The van der Waals surface area contributed by atoms with E-state index in [0.29, 0.717) is 0 Å². The van der Waals surface area contributed by atoms with Crippen molar-refractivity contribution in [1.29, 1.82) is 0 Å². The van der Waals surface area contributed by atoms with Crippen molar-refractivity contribution in [3.8, 4) is 0 Å². The first-order valence-electron chi connectivity index (χ1n) is 10.1. The number of hydrogen-bond acceptors (Lipinski definition) is 6. The molecule has 0 radical (unpaired) electrons. The summed E-state index contributed by atoms with van der Waals surface area (Å²) in [4.78, 5) is 59.5. The smallest absolute Gasteiger partial charge is 0.326 e. The van der Waals surface area contributed by atoms with Crippen LogP contribution in [0.15, 0.2) is 30.3 Å². The summed E-state index contributed by atoms with van der Waals surface area (Å²) in [6, 6.07) is 4.17. The molecule has 0 heterocycles. The third-order valence-corrected chi connectivity index (χ3v) is 4.68. The van der Waals surface area contributed by atoms with Crippen LogP contribution in [0.3, 0.4) is 0 Å². The number of carbonyl (C=O) groups excluding carboxylic acids is 3. The van der Waals surface area contributed by atoms with E-state index in [9.17, 15) is 24.0 Å². The van der Waals surface area contributed by atoms with Crippen LogP contribution in [0.4, 0.5) is 0 Å². The average Bonchev–Trinajstić information content (AvgIpc) is 2.72. The van der Waals surface area contributed by atoms with Crippen LogP contribution in [0, 0.1) is 5.92 Å². The lowest BCUT2D eigenvalue weighted by Gasteiger charge is -2.24. The Hall–Kier alpha value is -3.47. The fourth-order valence-corrected chi connectivity index (χ4v) is 2.68. The zero-order chi connectivity index (χ0) is 24.4. The molecule has 176 valence electrons. The highest BCUT2D eigenvalue weighted by Gasteiger charge is 2.29. The summed E-state index contributed by atoms with van der Waals surface area (Å²) in [6.45, 7) is 4.84. The monoisotopic (exact) mass is 450 g/mol. The van der Waals surface area contributed by atoms with Crippen LogP contribution in [0.1, 0.15) is 32.8 Å². The van der Waals surface area contributed by atoms with Gasteiger partial charge in [0.15, 0.2) is 0 Å². The van der Waals surface area contributed by atoms with E-state index >= 15 is 0 Å². The van der Waals surface area contributed by atoms with Gasteiger partial charge in [0.1, 0.15) is 18.1 Å². The molecule has 4 atom stereocenters. The third kappa shape index (κ3) is 8.72. The van der Waals surface area contributed by atoms with Gasteiger partial charge in [-0.05, 0) is 18.4 Å². The molecule has 1 aromatic rings. The van der Waals surface area contributed by atoms with Gasteiger partial charge in [-0.15, -0.1) is 0 Å². The highest BCUT2D eigenvalue weighted by atomic mass is 16.4. The lowest BCUT2D eigenvalue weighted by Crippen LogP contribution is -2.57. The minimum Gasteiger partial charge on any atom is -0.481 e. The molecule has 0 fully saturated rings. The maximum Gasteiger partial charge on any atom is 0.326 e. The van der Waals surface area contributed by atoms with Gasteiger partial charge in [-0.25, -0.2) is 4.79 Å². The van der Waals surface area contributed by atoms with E-state index in [1.54, 1.807) is 44.2 Å². The van der Waals surface area contributed by atoms with Crippen LogP contribution >= 0.6 is 0 Å². The fourth-order valence-electron chi connectivity index (χ4n) is 2.68. The zero-order valence-corrected chi connectivity index (χ0v) is 18.2. The van der Waals surface area contributed by atoms with E-state index in [1.807, 2.05) is 0 Å². The lowest BCUT2D eigenvalue weighted by molar-refractivity contribution is -0.147. The molecule has 0 saturated carbocycles. The van der Waals surface area contributed by atoms with Gasteiger partial charge in [0.25, 0.3) is 0 Å². The van der Waals surface area contributed by atoms with Gasteiger partial charge < -0.3 is 31.9 Å². The number of carboxylic acid groups (broad SMARTS) is 2. The van der Waals surface area contributed by atoms with E-state index in [-0.39, 0.29) is 12.3 Å². The van der Waals surface area contributed by atoms with Crippen molar-refractivity contribution in [1.82, 2.24) is 16.0 Å². The van der Waals surface area contributed by atoms with Crippen molar-refractivity contribution in [3.05, 3.63) is 35.9 Å². The predicted molar refractivity (Wildman–Crippen MR) is 114 cm³/mol. The zero-order valence-electron chi connectivity index (χ0n) is 18.2. The predicted octanol–water partition coefficient (Wildman–Crippen LogP) is -0.754. The van der Waals surface area contributed by atoms with Crippen molar-refractivity contribution in [2.24, 2.45) is 11.7 Å². The van der Waals surface area contributed by atoms with Gasteiger partial charge in [0.2, 0.25) is 17.7 Å². The number of hydrogen-bond donors (Lipinski definition) is 6. The van der Waals surface area contributed by atoms with Gasteiger partial charge in [0.05, 0.1) is 12.5 Å². The Morgan fingerprint density at radius 1 is 0.844 bits per heavy atom. The van der Waals surface area contributed by atoms with E-state index < -0.39 is 60.2 Å². The van der Waals surface area contributed by atoms with Gasteiger partial charge >= 0.3 is 11.9 Å². The molecule has 0 aromatic heterocycles. The molecule has 0 spiro atoms. The Morgan fingerprint density at radius 3 is 1.91 bits per heavy atom. The molecule has 0 saturated heterocycles. The van der Waals surface area contributed by atoms with Crippen molar-refractivity contribution in [2.75, 3.05) is 0 Å². The molecule has 1 rings (SSSR count). The second-order valence-electron chi connectivity index (χ2n) is 7.75. The molecule has 11 nitrogen and oxygen atoms in total. The molecule has 0 aliphatic carbocycles. The maximum absolute atomic E-state index is 12.8. The Balaban J connectivity index is 2.90. The number of nitrogens with one attached hydrogen (secondary N) is 3. The van der Waals surface area contributed by atoms with Crippen molar-refractivity contribution in [2.45, 2.75) is 57.8 Å². The quantitative estimate of drug-likeness (QED) is 0.240. The van der Waals surface area contributed by atoms with Gasteiger partial charge in [-0.2, -0.15) is 0 Å². The topological polar surface area (TPSA) is 188 Å². The van der Waals surface area contributed by atoms with Gasteiger partial charge in [-0.3, -0.25) is 19.2 Å². The fraction of sp³-hybridized carbons (Fsp3) is 0.476. The Labute approximate surface area is 185 Å². The highest BCUT2D eigenvalue weighted by molar-refractivity contribution is 5.94. The molecular formula is C21H30N4O7. The van der Waals surface area contributed by atoms with Crippen molar-refractivity contribution < 1.29 is 34.2 Å². The van der Waals surface area contributed by atoms with Crippen LogP contribution in [0.25, 0.3) is 0 Å². The van der Waals surface area contributed by atoms with E-state index in [0.717, 1.165) is 5.56 Å². The van der Waals surface area contributed by atoms with Crippen LogP contribution in [0.2, 0.25) is 0 Å². The SMILES string of the molecule is CC(NC(=O)C(Cc1ccccc1)NC(=O)C(N)C(C)C)C(=O)NC(CC(=O)O)C(=O)O. The summed E-state index contributed by atoms with van der Waals surface area (Å²) < 4.78 is 0. The lowest BCUT2D eigenvalue weighted by atomic mass is 10.0. The molecule has 11 heteroatoms. The molecule has 0 bridgehead atoms. The molecule has 32 heavy (non-hydrogen) atoms. The number of benzene rings is 1. The van der Waals surface area contributed by atoms with Gasteiger partial charge in [-0.1, -0.05) is 44.2 Å². The maximum atomic E-state index is 12.8. The minimum atomic E-state index is -1.65. The van der Waals surface area contributed by atoms with E-state index in [1.165, 1.54) is 6.92 Å². The number of aliphatic carboxylic acids is 2. The number of carbonyl (C=O) groups is 5. The molecule has 3 amide bonds. The Bertz CT molecular complexity index is 829. The molecule has 0 aliphatic rings. The standard InChI is InChI=1S/C21H30N4O7/c1-11(2)17(22)20(30)24-14(9-13-7-5-4-6-8-13)19(29)23-12(3)18(28)25-15(21(31)32)10-16(26)27/h4-8,11-12,14-15,17H,9-10,22H2,1-3H3,(H,23,29)(H,24,30)(H,25,28)(H,26,27)(H,31,32). The van der Waals surface area contributed by atoms with Gasteiger partial charge in [0, 0.05) is 6.42 Å². The Morgan fingerprint density at radius 2 is 1.41 bits per heavy atom. The first kappa shape index (κ1) is 26.6. The first-order valence-corrected chi connectivity index (χ1v) is 10.1. The number of nitrogens with two attached hydrogens (primary N) is 1. The first-order chi connectivity index (χ1) is 14.9. The Kier molecular flexibility index (Phi) is 10.3. The second kappa shape index (κ2) is 12.4. The summed E-state index contributed by atoms with van der Waals surface area (Å²) in [5.74, 6) is -5.16. The van der Waals surface area contributed by atoms with Crippen LogP contribution < -0.4 is 21.7 Å². The average molecular weight is 450 g/mol. The van der Waals surface area contributed by atoms with Crippen LogP contribution in [0.5, 0.6) is 0 Å². The van der Waals surface area contributed by atoms with Crippen LogP contribution in [-0.4, -0.2) is 64.0 Å². The summed E-state index contributed by atoms with van der Waals surface area (Å²) in [5.41, 5.74) is 6.62. The normalized spacial score (nSPS) is 14.5. The highest BCUT2D eigenvalue weighted by Crippen LogP contribution is 2.06. The van der Waals surface area contributed by atoms with E-state index in [2.05, 4.69) is 16.0 Å². The summed E-state index contributed by atoms with van der Waals surface area (Å²) in [7, 11) is 0. The molecule has 0 aliphatic heterocycles. The van der Waals surface area contributed by atoms with Crippen molar-refractivity contribution in [3.63, 3.8) is 0 Å². The van der Waals surface area contributed by atoms with Crippen LogP contribution in [-0.2, 0) is 30.4 Å². The molecule has 4 unspecified atom stereocenters.